The lowest BCUT2D eigenvalue weighted by Gasteiger charge is -2.11. The molecule has 0 radical (unpaired) electrons. The molecule has 0 amide bonds. The number of aromatic amines is 2. The molecule has 0 saturated carbocycles. The molecule has 5 aromatic heterocycles. The number of thiophene rings is 1. The van der Waals surface area contributed by atoms with Crippen LogP contribution in [0.3, 0.4) is 0 Å². The molecule has 0 atom stereocenters. The maximum Gasteiger partial charge on any atom is 0.169 e. The largest absolute Gasteiger partial charge is 0.321 e. The summed E-state index contributed by atoms with van der Waals surface area (Å²) in [6.07, 6.45) is 4.99. The third kappa shape index (κ3) is 4.69. The first-order chi connectivity index (χ1) is 18.3. The van der Waals surface area contributed by atoms with Gasteiger partial charge in [0, 0.05) is 48.2 Å². The number of Topliss-reactive ketones (excluding diaryl/α,β-unsaturated/α-hetero) is 1. The molecule has 0 spiro atoms. The summed E-state index contributed by atoms with van der Waals surface area (Å²) >= 11 is 1.38. The minimum Gasteiger partial charge on any atom is -0.321 e. The number of hydrogen-bond donors (Lipinski definition) is 2. The van der Waals surface area contributed by atoms with Gasteiger partial charge in [0.25, 0.3) is 0 Å². The number of imidazole rings is 1. The number of nitrogens with zero attached hydrogens (tertiary/aromatic N) is 6. The van der Waals surface area contributed by atoms with Crippen molar-refractivity contribution < 1.29 is 9.18 Å². The molecule has 9 nitrogen and oxygen atoms in total. The lowest BCUT2D eigenvalue weighted by molar-refractivity contribution is 0.102. The number of aliphatic imine (C=N–C) groups is 1. The van der Waals surface area contributed by atoms with Crippen LogP contribution in [0.25, 0.3) is 45.5 Å². The maximum atomic E-state index is 16.2. The second kappa shape index (κ2) is 10.2. The van der Waals surface area contributed by atoms with Crippen molar-refractivity contribution in [1.29, 1.82) is 0 Å². The summed E-state index contributed by atoms with van der Waals surface area (Å²) < 4.78 is 16.2. The van der Waals surface area contributed by atoms with Crippen molar-refractivity contribution in [3.63, 3.8) is 0 Å². The van der Waals surface area contributed by atoms with E-state index in [0.717, 1.165) is 16.0 Å². The monoisotopic (exact) mass is 528 g/mol. The molecule has 11 heteroatoms. The van der Waals surface area contributed by atoms with Crippen LogP contribution in [0.2, 0.25) is 0 Å². The summed E-state index contributed by atoms with van der Waals surface area (Å²) in [5.74, 6) is -0.266. The molecule has 0 fully saturated rings. The highest BCUT2D eigenvalue weighted by atomic mass is 32.1. The summed E-state index contributed by atoms with van der Waals surface area (Å²) in [7, 11) is 5.44. The maximum absolute atomic E-state index is 16.2. The Morgan fingerprint density at radius 2 is 2.05 bits per heavy atom. The van der Waals surface area contributed by atoms with E-state index in [9.17, 15) is 4.79 Å². The van der Waals surface area contributed by atoms with E-state index in [2.05, 4.69) is 36.7 Å². The van der Waals surface area contributed by atoms with Crippen molar-refractivity contribution in [3.05, 3.63) is 69.4 Å². The predicted octanol–water partition coefficient (Wildman–Crippen LogP) is 3.34. The molecule has 5 heterocycles. The second-order valence-corrected chi connectivity index (χ2v) is 10.1. The molecular weight excluding hydrogens is 503 g/mol. The van der Waals surface area contributed by atoms with E-state index in [4.69, 9.17) is 4.98 Å². The highest BCUT2D eigenvalue weighted by molar-refractivity contribution is 7.17. The molecule has 38 heavy (non-hydrogen) atoms. The first-order valence-electron chi connectivity index (χ1n) is 11.7. The van der Waals surface area contributed by atoms with Crippen LogP contribution < -0.4 is 10.6 Å². The Morgan fingerprint density at radius 1 is 1.24 bits per heavy atom. The van der Waals surface area contributed by atoms with Gasteiger partial charge in [-0.3, -0.25) is 19.9 Å². The number of pyridine rings is 2. The fourth-order valence-electron chi connectivity index (χ4n) is 4.22. The van der Waals surface area contributed by atoms with E-state index < -0.39 is 5.83 Å². The third-order valence-corrected chi connectivity index (χ3v) is 7.11. The zero-order valence-corrected chi connectivity index (χ0v) is 22.1. The fraction of sp³-hybridized carbons (Fsp3) is 0.185. The molecule has 0 unspecified atom stereocenters. The molecular formula is C27H25FN8OS. The highest BCUT2D eigenvalue weighted by Gasteiger charge is 2.20. The van der Waals surface area contributed by atoms with Gasteiger partial charge in [0.2, 0.25) is 0 Å². The Bertz CT molecular complexity index is 1810. The van der Waals surface area contributed by atoms with Crippen molar-refractivity contribution >= 4 is 46.4 Å². The Hall–Kier alpha value is -4.35. The lowest BCUT2D eigenvalue weighted by Crippen LogP contribution is -2.27. The number of H-pyrrole nitrogens is 2. The second-order valence-electron chi connectivity index (χ2n) is 8.99. The Balaban J connectivity index is 1.64. The summed E-state index contributed by atoms with van der Waals surface area (Å²) in [6, 6.07) is 7.38. The van der Waals surface area contributed by atoms with Gasteiger partial charge in [-0.2, -0.15) is 5.10 Å². The predicted molar refractivity (Wildman–Crippen MR) is 148 cm³/mol. The van der Waals surface area contributed by atoms with Gasteiger partial charge < -0.3 is 9.88 Å². The number of nitrogens with one attached hydrogen (secondary N) is 2. The van der Waals surface area contributed by atoms with Crippen LogP contribution in [-0.2, 0) is 6.54 Å². The van der Waals surface area contributed by atoms with Crippen molar-refractivity contribution in [2.45, 2.75) is 13.5 Å². The van der Waals surface area contributed by atoms with Crippen molar-refractivity contribution in [2.24, 2.45) is 4.99 Å². The van der Waals surface area contributed by atoms with Crippen LogP contribution in [0.5, 0.6) is 0 Å². The number of fused-ring (bicyclic) bond motifs is 1. The average molecular weight is 529 g/mol. The number of aromatic nitrogens is 6. The number of hydrogen-bond acceptors (Lipinski definition) is 8. The van der Waals surface area contributed by atoms with Gasteiger partial charge >= 0.3 is 0 Å². The van der Waals surface area contributed by atoms with Gasteiger partial charge in [-0.1, -0.05) is 6.58 Å². The normalized spacial score (nSPS) is 12.9. The van der Waals surface area contributed by atoms with E-state index in [1.165, 1.54) is 25.3 Å². The summed E-state index contributed by atoms with van der Waals surface area (Å²) in [4.78, 5) is 36.1. The quantitative estimate of drug-likeness (QED) is 0.247. The van der Waals surface area contributed by atoms with E-state index in [-0.39, 0.29) is 27.8 Å². The summed E-state index contributed by atoms with van der Waals surface area (Å²) in [5.41, 5.74) is 3.78. The van der Waals surface area contributed by atoms with Crippen LogP contribution in [-0.4, -0.2) is 67.7 Å². The van der Waals surface area contributed by atoms with Gasteiger partial charge in [0.05, 0.1) is 15.4 Å². The number of rotatable bonds is 7. The molecule has 0 bridgehead atoms. The van der Waals surface area contributed by atoms with E-state index >= 15 is 4.39 Å². The first-order valence-corrected chi connectivity index (χ1v) is 12.5. The van der Waals surface area contributed by atoms with Gasteiger partial charge in [0.1, 0.15) is 16.9 Å². The van der Waals surface area contributed by atoms with E-state index in [0.29, 0.717) is 34.0 Å². The van der Waals surface area contributed by atoms with Gasteiger partial charge in [0.15, 0.2) is 23.1 Å². The highest BCUT2D eigenvalue weighted by Crippen LogP contribution is 2.33. The number of halogens is 1. The Labute approximate surface area is 221 Å². The molecule has 0 aromatic carbocycles. The van der Waals surface area contributed by atoms with Crippen LogP contribution in [0.15, 0.2) is 47.8 Å². The molecule has 2 N–H and O–H groups in total. The molecule has 5 rings (SSSR count). The number of carbonyl (C=O) groups excluding carboxylic acids is 1. The summed E-state index contributed by atoms with van der Waals surface area (Å²) in [5, 5.41) is 7.52. The van der Waals surface area contributed by atoms with Crippen LogP contribution >= 0.6 is 11.3 Å². The van der Waals surface area contributed by atoms with Crippen molar-refractivity contribution in [2.75, 3.05) is 21.1 Å². The van der Waals surface area contributed by atoms with Crippen LogP contribution in [0.1, 0.15) is 27.7 Å². The average Bonchev–Trinajstić information content (AvgIpc) is 3.62. The van der Waals surface area contributed by atoms with Gasteiger partial charge in [-0.25, -0.2) is 14.4 Å². The van der Waals surface area contributed by atoms with E-state index in [1.54, 1.807) is 24.7 Å². The minimum absolute atomic E-state index is 0.000243. The zero-order valence-electron chi connectivity index (χ0n) is 21.3. The van der Waals surface area contributed by atoms with Gasteiger partial charge in [-0.15, -0.1) is 11.3 Å². The molecule has 0 aliphatic heterocycles. The third-order valence-electron chi connectivity index (χ3n) is 5.89. The Morgan fingerprint density at radius 3 is 2.76 bits per heavy atom. The fourth-order valence-corrected chi connectivity index (χ4v) is 5.15. The van der Waals surface area contributed by atoms with Crippen LogP contribution in [0, 0.1) is 0 Å². The SMILES string of the molecule is C=c1[nH]nc(-c2nc3c(-c4ccc(C(C)=O)s4)ccnc3[nH]2)/c1=C(F)/C(=N\C)c1cncc(CN(C)C)c1. The number of carbonyl (C=O) groups is 1. The zero-order chi connectivity index (χ0) is 27.0. The van der Waals surface area contributed by atoms with Gasteiger partial charge in [-0.05, 0) is 50.8 Å². The smallest absolute Gasteiger partial charge is 0.169 e. The minimum atomic E-state index is -0.594. The summed E-state index contributed by atoms with van der Waals surface area (Å²) in [6.45, 7) is 6.14. The lowest BCUT2D eigenvalue weighted by atomic mass is 10.1. The topological polar surface area (TPSA) is 116 Å². The van der Waals surface area contributed by atoms with Crippen molar-refractivity contribution in [3.8, 4) is 22.0 Å². The molecule has 5 aromatic rings. The van der Waals surface area contributed by atoms with Crippen LogP contribution in [0.4, 0.5) is 4.39 Å². The number of ketones is 1. The first kappa shape index (κ1) is 25.3. The van der Waals surface area contributed by atoms with E-state index in [1.807, 2.05) is 37.2 Å². The standard InChI is InChI=1S/C27H25FN8OS/c1-14-21(22(28)23(29-3)17-10-16(11-30-12-17)13-36(4)5)25(35-34-14)27-32-24-18(8-9-31-26(24)33-27)20-7-6-19(38-20)15(2)37/h6-12,34H,1,13H2,2-5H3,(H,31,32,33)/b22-21-,29-23-. The Kier molecular flexibility index (Phi) is 6.79. The molecule has 0 saturated heterocycles. The molecule has 0 aliphatic carbocycles. The van der Waals surface area contributed by atoms with Crippen molar-refractivity contribution in [1.82, 2.24) is 35.0 Å². The molecule has 192 valence electrons. The molecule has 0 aliphatic rings.